The van der Waals surface area contributed by atoms with E-state index in [-0.39, 0.29) is 5.91 Å². The average Bonchev–Trinajstić information content (AvgIpc) is 2.33. The molecule has 0 fully saturated rings. The molecule has 1 amide bonds. The van der Waals surface area contributed by atoms with Gasteiger partial charge < -0.3 is 5.32 Å². The maximum absolute atomic E-state index is 12.0. The summed E-state index contributed by atoms with van der Waals surface area (Å²) in [6.45, 7) is 3.99. The highest BCUT2D eigenvalue weighted by atomic mass is 79.9. The van der Waals surface area contributed by atoms with Gasteiger partial charge in [-0.3, -0.25) is 4.79 Å². The van der Waals surface area contributed by atoms with Crippen molar-refractivity contribution in [2.75, 3.05) is 5.32 Å². The van der Waals surface area contributed by atoms with Gasteiger partial charge in [0.15, 0.2) is 0 Å². The molecule has 18 heavy (non-hydrogen) atoms. The van der Waals surface area contributed by atoms with Gasteiger partial charge in [-0.25, -0.2) is 4.98 Å². The van der Waals surface area contributed by atoms with Crippen LogP contribution in [0.5, 0.6) is 0 Å². The van der Waals surface area contributed by atoms with E-state index < -0.39 is 0 Å². The average molecular weight is 305 g/mol. The van der Waals surface area contributed by atoms with Gasteiger partial charge in [-0.15, -0.1) is 0 Å². The number of benzene rings is 1. The third kappa shape index (κ3) is 2.96. The predicted octanol–water partition coefficient (Wildman–Crippen LogP) is 3.71. The maximum Gasteiger partial charge on any atom is 0.274 e. The van der Waals surface area contributed by atoms with Crippen molar-refractivity contribution in [1.29, 1.82) is 0 Å². The van der Waals surface area contributed by atoms with E-state index in [2.05, 4.69) is 26.2 Å². The van der Waals surface area contributed by atoms with Crippen molar-refractivity contribution < 1.29 is 4.79 Å². The molecule has 0 aliphatic carbocycles. The lowest BCUT2D eigenvalue weighted by molar-refractivity contribution is 0.102. The Balaban J connectivity index is 2.18. The predicted molar refractivity (Wildman–Crippen MR) is 75.8 cm³/mol. The Kier molecular flexibility index (Phi) is 3.77. The van der Waals surface area contributed by atoms with Gasteiger partial charge in [-0.05, 0) is 53.5 Å². The molecule has 1 aromatic carbocycles. The molecular formula is C14H13BrN2O. The van der Waals surface area contributed by atoms with Gasteiger partial charge in [0.25, 0.3) is 5.91 Å². The molecular weight excluding hydrogens is 292 g/mol. The minimum absolute atomic E-state index is 0.200. The summed E-state index contributed by atoms with van der Waals surface area (Å²) in [6.07, 6.45) is 1.61. The van der Waals surface area contributed by atoms with Gasteiger partial charge >= 0.3 is 0 Å². The van der Waals surface area contributed by atoms with E-state index >= 15 is 0 Å². The molecule has 0 radical (unpaired) electrons. The quantitative estimate of drug-likeness (QED) is 0.919. The van der Waals surface area contributed by atoms with Crippen LogP contribution in [-0.4, -0.2) is 10.9 Å². The van der Waals surface area contributed by atoms with Gasteiger partial charge in [-0.2, -0.15) is 0 Å². The second-order valence-corrected chi connectivity index (χ2v) is 5.05. The van der Waals surface area contributed by atoms with Crippen molar-refractivity contribution in [3.8, 4) is 0 Å². The molecule has 0 atom stereocenters. The van der Waals surface area contributed by atoms with Crippen LogP contribution in [0.2, 0.25) is 0 Å². The monoisotopic (exact) mass is 304 g/mol. The van der Waals surface area contributed by atoms with Crippen LogP contribution < -0.4 is 5.32 Å². The lowest BCUT2D eigenvalue weighted by Crippen LogP contribution is -2.14. The number of aromatic nitrogens is 1. The van der Waals surface area contributed by atoms with Crippen molar-refractivity contribution in [2.45, 2.75) is 13.8 Å². The van der Waals surface area contributed by atoms with E-state index in [9.17, 15) is 4.79 Å². The summed E-state index contributed by atoms with van der Waals surface area (Å²) in [5, 5.41) is 2.86. The number of anilines is 1. The molecule has 1 aromatic heterocycles. The molecule has 3 nitrogen and oxygen atoms in total. The molecule has 1 N–H and O–H groups in total. The van der Waals surface area contributed by atoms with Crippen molar-refractivity contribution in [2.24, 2.45) is 0 Å². The number of carbonyl (C=O) groups is 1. The first-order valence-electron chi connectivity index (χ1n) is 5.56. The highest BCUT2D eigenvalue weighted by molar-refractivity contribution is 9.10. The summed E-state index contributed by atoms with van der Waals surface area (Å²) < 4.78 is 0.852. The van der Waals surface area contributed by atoms with E-state index in [1.807, 2.05) is 32.0 Å². The number of nitrogens with one attached hydrogen (secondary N) is 1. The highest BCUT2D eigenvalue weighted by Gasteiger charge is 2.08. The topological polar surface area (TPSA) is 42.0 Å². The summed E-state index contributed by atoms with van der Waals surface area (Å²) in [5.41, 5.74) is 3.43. The zero-order chi connectivity index (χ0) is 13.1. The molecule has 0 saturated heterocycles. The first-order chi connectivity index (χ1) is 8.56. The smallest absolute Gasteiger partial charge is 0.274 e. The Bertz CT molecular complexity index is 579. The van der Waals surface area contributed by atoms with Crippen molar-refractivity contribution in [1.82, 2.24) is 4.98 Å². The number of nitrogens with zero attached hydrogens (tertiary/aromatic N) is 1. The largest absolute Gasteiger partial charge is 0.320 e. The number of carbonyl (C=O) groups excluding carboxylic acids is 1. The summed E-state index contributed by atoms with van der Waals surface area (Å²) in [6, 6.07) is 9.39. The molecule has 0 unspecified atom stereocenters. The lowest BCUT2D eigenvalue weighted by atomic mass is 10.1. The molecule has 2 rings (SSSR count). The Morgan fingerprint density at radius 1 is 1.22 bits per heavy atom. The number of halogens is 1. The molecule has 2 aromatic rings. The second kappa shape index (κ2) is 5.31. The molecule has 0 aliphatic heterocycles. The first kappa shape index (κ1) is 12.8. The fraction of sp³-hybridized carbons (Fsp3) is 0.143. The molecule has 0 bridgehead atoms. The summed E-state index contributed by atoms with van der Waals surface area (Å²) in [7, 11) is 0. The van der Waals surface area contributed by atoms with E-state index in [0.29, 0.717) is 5.69 Å². The van der Waals surface area contributed by atoms with Gasteiger partial charge in [0.05, 0.1) is 0 Å². The van der Waals surface area contributed by atoms with E-state index in [0.717, 1.165) is 15.7 Å². The number of pyridine rings is 1. The Labute approximate surface area is 114 Å². The minimum Gasteiger partial charge on any atom is -0.320 e. The van der Waals surface area contributed by atoms with Crippen LogP contribution in [0.25, 0.3) is 0 Å². The highest BCUT2D eigenvalue weighted by Crippen LogP contribution is 2.17. The number of hydrogen-bond acceptors (Lipinski definition) is 2. The Morgan fingerprint density at radius 3 is 2.61 bits per heavy atom. The molecule has 0 aliphatic rings. The van der Waals surface area contributed by atoms with Crippen LogP contribution in [0, 0.1) is 13.8 Å². The Hall–Kier alpha value is -1.68. The third-order valence-corrected chi connectivity index (χ3v) is 3.06. The SMILES string of the molecule is Cc1ccc(NC(=O)c2ccc(Br)cn2)c(C)c1. The van der Waals surface area contributed by atoms with Crippen LogP contribution in [0.4, 0.5) is 5.69 Å². The molecule has 0 spiro atoms. The van der Waals surface area contributed by atoms with Crippen LogP contribution in [0.15, 0.2) is 41.0 Å². The van der Waals surface area contributed by atoms with Crippen LogP contribution in [0.3, 0.4) is 0 Å². The van der Waals surface area contributed by atoms with Crippen LogP contribution in [-0.2, 0) is 0 Å². The minimum atomic E-state index is -0.200. The molecule has 0 saturated carbocycles. The summed E-state index contributed by atoms with van der Waals surface area (Å²) >= 11 is 3.29. The maximum atomic E-state index is 12.0. The number of rotatable bonds is 2. The Morgan fingerprint density at radius 2 is 2.00 bits per heavy atom. The van der Waals surface area contributed by atoms with E-state index in [1.165, 1.54) is 5.56 Å². The number of aryl methyl sites for hydroxylation is 2. The third-order valence-electron chi connectivity index (χ3n) is 2.59. The van der Waals surface area contributed by atoms with Gasteiger partial charge in [0.2, 0.25) is 0 Å². The molecule has 4 heteroatoms. The van der Waals surface area contributed by atoms with E-state index in [4.69, 9.17) is 0 Å². The summed E-state index contributed by atoms with van der Waals surface area (Å²) in [4.78, 5) is 16.0. The number of amides is 1. The van der Waals surface area contributed by atoms with E-state index in [1.54, 1.807) is 18.3 Å². The van der Waals surface area contributed by atoms with Crippen molar-refractivity contribution in [3.05, 3.63) is 57.8 Å². The zero-order valence-electron chi connectivity index (χ0n) is 10.2. The second-order valence-electron chi connectivity index (χ2n) is 4.13. The van der Waals surface area contributed by atoms with Crippen molar-refractivity contribution in [3.63, 3.8) is 0 Å². The van der Waals surface area contributed by atoms with Gasteiger partial charge in [-0.1, -0.05) is 17.7 Å². The van der Waals surface area contributed by atoms with Gasteiger partial charge in [0.1, 0.15) is 5.69 Å². The molecule has 92 valence electrons. The number of hydrogen-bond donors (Lipinski definition) is 1. The van der Waals surface area contributed by atoms with Crippen LogP contribution >= 0.6 is 15.9 Å². The zero-order valence-corrected chi connectivity index (χ0v) is 11.8. The summed E-state index contributed by atoms with van der Waals surface area (Å²) in [5.74, 6) is -0.200. The normalized spacial score (nSPS) is 10.2. The van der Waals surface area contributed by atoms with Crippen molar-refractivity contribution >= 4 is 27.5 Å². The fourth-order valence-corrected chi connectivity index (χ4v) is 1.88. The fourth-order valence-electron chi connectivity index (χ4n) is 1.65. The molecule has 1 heterocycles. The first-order valence-corrected chi connectivity index (χ1v) is 6.36. The standard InChI is InChI=1S/C14H13BrN2O/c1-9-3-5-12(10(2)7-9)17-14(18)13-6-4-11(15)8-16-13/h3-8H,1-2H3,(H,17,18). The lowest BCUT2D eigenvalue weighted by Gasteiger charge is -2.08. The van der Waals surface area contributed by atoms with Crippen LogP contribution in [0.1, 0.15) is 21.6 Å². The van der Waals surface area contributed by atoms with Gasteiger partial charge in [0, 0.05) is 16.4 Å².